The molecule has 0 unspecified atom stereocenters. The molecule has 6 nitrogen and oxygen atoms in total. The molecule has 0 saturated carbocycles. The molecule has 0 bridgehead atoms. The molecule has 0 aliphatic rings. The second-order valence-corrected chi connectivity index (χ2v) is 4.92. The van der Waals surface area contributed by atoms with Gasteiger partial charge in [0.1, 0.15) is 12.4 Å². The van der Waals surface area contributed by atoms with E-state index < -0.39 is 16.8 Å². The van der Waals surface area contributed by atoms with Gasteiger partial charge in [0.15, 0.2) is 0 Å². The topological polar surface area (TPSA) is 75.2 Å². The molecule has 0 aromatic carbocycles. The zero-order chi connectivity index (χ0) is 16.0. The van der Waals surface area contributed by atoms with Crippen LogP contribution in [-0.2, 0) is 28.2 Å². The molecule has 0 fully saturated rings. The lowest BCUT2D eigenvalue weighted by molar-refractivity contribution is -0.677. The van der Waals surface area contributed by atoms with Gasteiger partial charge in [0.05, 0.1) is 13.6 Å². The number of hydrogen-bond acceptors (Lipinski definition) is 4. The Morgan fingerprint density at radius 1 is 1.45 bits per heavy atom. The van der Waals surface area contributed by atoms with E-state index in [1.807, 2.05) is 4.18 Å². The van der Waals surface area contributed by atoms with Crippen molar-refractivity contribution >= 4 is 10.4 Å². The molecule has 0 aliphatic carbocycles. The predicted octanol–water partition coefficient (Wildman–Crippen LogP) is 1.40. The summed E-state index contributed by atoms with van der Waals surface area (Å²) in [5, 5.41) is 0. The van der Waals surface area contributed by atoms with Crippen LogP contribution in [0.4, 0.5) is 13.2 Å². The van der Waals surface area contributed by atoms with Gasteiger partial charge < -0.3 is 4.55 Å². The molecular formula is C10H17F3N2O4S. The molecule has 0 spiro atoms. The fourth-order valence-corrected chi connectivity index (χ4v) is 1.51. The lowest BCUT2D eigenvalue weighted by Crippen LogP contribution is -2.29. The monoisotopic (exact) mass is 318 g/mol. The molecule has 118 valence electrons. The van der Waals surface area contributed by atoms with Crippen LogP contribution >= 0.6 is 0 Å². The van der Waals surface area contributed by atoms with Crippen LogP contribution in [0, 0.1) is 6.92 Å². The van der Waals surface area contributed by atoms with Gasteiger partial charge >= 0.3 is 6.36 Å². The molecule has 1 aromatic heterocycles. The molecule has 10 heteroatoms. The van der Waals surface area contributed by atoms with E-state index >= 15 is 0 Å². The van der Waals surface area contributed by atoms with Crippen molar-refractivity contribution in [2.45, 2.75) is 39.6 Å². The van der Waals surface area contributed by atoms with Crippen molar-refractivity contribution in [3.05, 3.63) is 18.2 Å². The quantitative estimate of drug-likeness (QED) is 0.478. The smallest absolute Gasteiger partial charge is 0.536 e. The maximum Gasteiger partial charge on any atom is 0.536 e. The second kappa shape index (κ2) is 7.60. The average Bonchev–Trinajstić information content (AvgIpc) is 2.53. The minimum absolute atomic E-state index is 1.16. The Morgan fingerprint density at radius 3 is 2.25 bits per heavy atom. The molecule has 0 radical (unpaired) electrons. The van der Waals surface area contributed by atoms with E-state index in [9.17, 15) is 13.2 Å². The summed E-state index contributed by atoms with van der Waals surface area (Å²) in [4.78, 5) is 0. The van der Waals surface area contributed by atoms with Crippen molar-refractivity contribution in [3.8, 4) is 0 Å². The van der Waals surface area contributed by atoms with Gasteiger partial charge in [-0.1, -0.05) is 13.3 Å². The number of aryl methyl sites for hydroxylation is 2. The fraction of sp³-hybridized carbons (Fsp3) is 0.700. The van der Waals surface area contributed by atoms with Crippen LogP contribution in [0.25, 0.3) is 0 Å². The fourth-order valence-electron chi connectivity index (χ4n) is 1.28. The normalized spacial score (nSPS) is 11.9. The first kappa shape index (κ1) is 18.9. The summed E-state index contributed by atoms with van der Waals surface area (Å²) in [5.74, 6) is 1.33. The van der Waals surface area contributed by atoms with Crippen LogP contribution in [-0.4, -0.2) is 23.9 Å². The third kappa shape index (κ3) is 8.88. The van der Waals surface area contributed by atoms with Crippen molar-refractivity contribution in [1.29, 1.82) is 0 Å². The molecular weight excluding hydrogens is 301 g/mol. The second-order valence-electron chi connectivity index (χ2n) is 3.94. The minimum Gasteiger partial charge on any atom is -0.725 e. The average molecular weight is 318 g/mol. The highest BCUT2D eigenvalue weighted by atomic mass is 32.3. The Morgan fingerprint density at radius 2 is 2.00 bits per heavy atom. The van der Waals surface area contributed by atoms with Crippen LogP contribution in [0.2, 0.25) is 0 Å². The summed E-state index contributed by atoms with van der Waals surface area (Å²) >= 11 is 0. The van der Waals surface area contributed by atoms with Crippen molar-refractivity contribution in [3.63, 3.8) is 0 Å². The summed E-state index contributed by atoms with van der Waals surface area (Å²) in [6.45, 7) is 5.53. The SMILES string of the molecule is CCCCn1cc[n+](C)c1C.O=S(=O)([O-])OC(F)(F)F. The maximum absolute atomic E-state index is 10.8. The maximum atomic E-state index is 10.8. The molecule has 0 N–H and O–H groups in total. The van der Waals surface area contributed by atoms with E-state index in [2.05, 4.69) is 42.4 Å². The third-order valence-electron chi connectivity index (χ3n) is 2.35. The van der Waals surface area contributed by atoms with E-state index in [1.54, 1.807) is 0 Å². The summed E-state index contributed by atoms with van der Waals surface area (Å²) < 4.78 is 66.2. The molecule has 1 rings (SSSR count). The van der Waals surface area contributed by atoms with Gasteiger partial charge in [0.25, 0.3) is 5.82 Å². The number of hydrogen-bond donors (Lipinski definition) is 0. The standard InChI is InChI=1S/C9H17N2.CHF3O4S/c1-4-5-6-11-8-7-10(3)9(11)2;2-1(3,4)8-9(5,6)7/h7-8H,4-6H2,1-3H3;(H,5,6,7)/q+1;/p-1. The van der Waals surface area contributed by atoms with Gasteiger partial charge in [-0.3, -0.25) is 0 Å². The Bertz CT molecular complexity index is 511. The predicted molar refractivity (Wildman–Crippen MR) is 62.1 cm³/mol. The Labute approximate surface area is 115 Å². The first-order chi connectivity index (χ1) is 8.96. The third-order valence-corrected chi connectivity index (χ3v) is 2.74. The molecule has 0 aliphatic heterocycles. The molecule has 0 saturated heterocycles. The molecule has 0 atom stereocenters. The van der Waals surface area contributed by atoms with E-state index in [4.69, 9.17) is 13.0 Å². The number of halogens is 3. The van der Waals surface area contributed by atoms with Gasteiger partial charge in [-0.2, -0.15) is 4.18 Å². The molecule has 1 aromatic rings. The van der Waals surface area contributed by atoms with Crippen LogP contribution in [0.15, 0.2) is 12.4 Å². The van der Waals surface area contributed by atoms with Gasteiger partial charge in [-0.05, 0) is 6.42 Å². The highest BCUT2D eigenvalue weighted by molar-refractivity contribution is 7.80. The summed E-state index contributed by atoms with van der Waals surface area (Å²) in [5.41, 5.74) is 0. The number of aromatic nitrogens is 2. The van der Waals surface area contributed by atoms with Gasteiger partial charge in [-0.15, -0.1) is 13.2 Å². The van der Waals surface area contributed by atoms with Crippen LogP contribution in [0.1, 0.15) is 25.6 Å². The van der Waals surface area contributed by atoms with Crippen molar-refractivity contribution in [1.82, 2.24) is 4.57 Å². The van der Waals surface area contributed by atoms with E-state index in [0.717, 1.165) is 6.54 Å². The van der Waals surface area contributed by atoms with E-state index in [1.165, 1.54) is 18.7 Å². The van der Waals surface area contributed by atoms with Crippen molar-refractivity contribution in [2.24, 2.45) is 7.05 Å². The zero-order valence-electron chi connectivity index (χ0n) is 11.3. The van der Waals surface area contributed by atoms with Crippen LogP contribution in [0.3, 0.4) is 0 Å². The first-order valence-electron chi connectivity index (χ1n) is 5.71. The van der Waals surface area contributed by atoms with Crippen LogP contribution in [0.5, 0.6) is 0 Å². The van der Waals surface area contributed by atoms with Crippen molar-refractivity contribution in [2.75, 3.05) is 0 Å². The van der Waals surface area contributed by atoms with Crippen LogP contribution < -0.4 is 4.57 Å². The van der Waals surface area contributed by atoms with Gasteiger partial charge in [0.2, 0.25) is 10.4 Å². The lowest BCUT2D eigenvalue weighted by atomic mass is 10.3. The molecule has 20 heavy (non-hydrogen) atoms. The highest BCUT2D eigenvalue weighted by Crippen LogP contribution is 2.17. The highest BCUT2D eigenvalue weighted by Gasteiger charge is 2.32. The number of imidazole rings is 1. The Balaban J connectivity index is 0.000000370. The largest absolute Gasteiger partial charge is 0.725 e. The Kier molecular flexibility index (Phi) is 7.17. The lowest BCUT2D eigenvalue weighted by Gasteiger charge is -2.08. The minimum atomic E-state index is -5.66. The molecule has 0 amide bonds. The van der Waals surface area contributed by atoms with E-state index in [0.29, 0.717) is 0 Å². The summed E-state index contributed by atoms with van der Waals surface area (Å²) in [6, 6.07) is 0. The van der Waals surface area contributed by atoms with Gasteiger partial charge in [0, 0.05) is 6.92 Å². The Hall–Kier alpha value is -1.13. The number of alkyl halides is 3. The first-order valence-corrected chi connectivity index (χ1v) is 7.04. The van der Waals surface area contributed by atoms with E-state index in [-0.39, 0.29) is 0 Å². The van der Waals surface area contributed by atoms with Crippen molar-refractivity contribution < 1.29 is 34.9 Å². The zero-order valence-corrected chi connectivity index (χ0v) is 12.2. The van der Waals surface area contributed by atoms with Gasteiger partial charge in [-0.25, -0.2) is 17.6 Å². The number of unbranched alkanes of at least 4 members (excludes halogenated alkanes) is 1. The number of rotatable bonds is 4. The summed E-state index contributed by atoms with van der Waals surface area (Å²) in [7, 11) is -3.58. The summed E-state index contributed by atoms with van der Waals surface area (Å²) in [6.07, 6.45) is 1.37. The number of nitrogens with zero attached hydrogens (tertiary/aromatic N) is 2. The molecule has 1 heterocycles.